The monoisotopic (exact) mass is 283 g/mol. The van der Waals surface area contributed by atoms with E-state index in [-0.39, 0.29) is 12.1 Å². The standard InChI is InChI=1S/C11H13F4NOS/c1-18(17)3-2-16-7-8-4-9(11(13,14)15)6-10(12)5-8/h4-6,16H,2-3,7H2,1H3. The fourth-order valence-electron chi connectivity index (χ4n) is 1.36. The number of halogens is 4. The molecule has 1 aromatic rings. The van der Waals surface area contributed by atoms with Crippen LogP contribution in [0.3, 0.4) is 0 Å². The van der Waals surface area contributed by atoms with Gasteiger partial charge >= 0.3 is 6.18 Å². The van der Waals surface area contributed by atoms with Crippen LogP contribution in [0.15, 0.2) is 18.2 Å². The number of alkyl halides is 3. The van der Waals surface area contributed by atoms with E-state index in [1.54, 1.807) is 0 Å². The van der Waals surface area contributed by atoms with E-state index >= 15 is 0 Å². The van der Waals surface area contributed by atoms with Crippen LogP contribution in [0.5, 0.6) is 0 Å². The van der Waals surface area contributed by atoms with E-state index in [9.17, 15) is 21.8 Å². The highest BCUT2D eigenvalue weighted by Crippen LogP contribution is 2.30. The van der Waals surface area contributed by atoms with Gasteiger partial charge in [0.1, 0.15) is 5.82 Å². The summed E-state index contributed by atoms with van der Waals surface area (Å²) in [5.74, 6) is -0.512. The lowest BCUT2D eigenvalue weighted by atomic mass is 10.1. The minimum atomic E-state index is -4.55. The van der Waals surface area contributed by atoms with Crippen LogP contribution in [0.4, 0.5) is 17.6 Å². The fraction of sp³-hybridized carbons (Fsp3) is 0.455. The minimum Gasteiger partial charge on any atom is -0.312 e. The first-order valence-corrected chi connectivity index (χ1v) is 6.89. The molecule has 18 heavy (non-hydrogen) atoms. The summed E-state index contributed by atoms with van der Waals surface area (Å²) in [5.41, 5.74) is -0.789. The van der Waals surface area contributed by atoms with Crippen molar-refractivity contribution in [3.8, 4) is 0 Å². The van der Waals surface area contributed by atoms with Crippen LogP contribution in [0.1, 0.15) is 11.1 Å². The van der Waals surface area contributed by atoms with Crippen molar-refractivity contribution in [3.63, 3.8) is 0 Å². The third-order valence-electron chi connectivity index (χ3n) is 2.18. The Morgan fingerprint density at radius 1 is 1.28 bits per heavy atom. The molecule has 2 nitrogen and oxygen atoms in total. The predicted octanol–water partition coefficient (Wildman–Crippen LogP) is 2.31. The van der Waals surface area contributed by atoms with Crippen molar-refractivity contribution in [1.82, 2.24) is 5.32 Å². The van der Waals surface area contributed by atoms with Crippen molar-refractivity contribution in [2.45, 2.75) is 12.7 Å². The predicted molar refractivity (Wildman–Crippen MR) is 62.0 cm³/mol. The van der Waals surface area contributed by atoms with E-state index in [2.05, 4.69) is 5.32 Å². The van der Waals surface area contributed by atoms with Crippen molar-refractivity contribution in [2.24, 2.45) is 0 Å². The van der Waals surface area contributed by atoms with Gasteiger partial charge in [-0.2, -0.15) is 13.2 Å². The molecule has 7 heteroatoms. The van der Waals surface area contributed by atoms with E-state index in [1.165, 1.54) is 6.26 Å². The zero-order valence-electron chi connectivity index (χ0n) is 9.68. The Kier molecular flexibility index (Phi) is 5.28. The molecule has 1 rings (SSSR count). The van der Waals surface area contributed by atoms with E-state index in [1.807, 2.05) is 0 Å². The molecule has 1 aromatic carbocycles. The third kappa shape index (κ3) is 5.14. The van der Waals surface area contributed by atoms with Crippen molar-refractivity contribution in [3.05, 3.63) is 35.1 Å². The van der Waals surface area contributed by atoms with Gasteiger partial charge in [0.25, 0.3) is 0 Å². The van der Waals surface area contributed by atoms with Gasteiger partial charge in [-0.3, -0.25) is 4.21 Å². The largest absolute Gasteiger partial charge is 0.416 e. The van der Waals surface area contributed by atoms with Crippen molar-refractivity contribution < 1.29 is 21.8 Å². The number of rotatable bonds is 5. The van der Waals surface area contributed by atoms with E-state index in [0.29, 0.717) is 18.4 Å². The van der Waals surface area contributed by atoms with Gasteiger partial charge < -0.3 is 5.32 Å². The van der Waals surface area contributed by atoms with Crippen molar-refractivity contribution in [2.75, 3.05) is 18.6 Å². The summed E-state index contributed by atoms with van der Waals surface area (Å²) >= 11 is 0. The van der Waals surface area contributed by atoms with Gasteiger partial charge in [-0.15, -0.1) is 0 Å². The molecular formula is C11H13F4NOS. The third-order valence-corrected chi connectivity index (χ3v) is 2.96. The lowest BCUT2D eigenvalue weighted by Gasteiger charge is -2.10. The van der Waals surface area contributed by atoms with E-state index in [4.69, 9.17) is 0 Å². The highest BCUT2D eigenvalue weighted by molar-refractivity contribution is 7.84. The molecule has 0 aliphatic heterocycles. The number of benzene rings is 1. The molecule has 0 saturated heterocycles. The van der Waals surface area contributed by atoms with Crippen LogP contribution >= 0.6 is 0 Å². The van der Waals surface area contributed by atoms with Gasteiger partial charge in [-0.1, -0.05) is 0 Å². The van der Waals surface area contributed by atoms with Gasteiger partial charge in [0.2, 0.25) is 0 Å². The first-order valence-electron chi connectivity index (χ1n) is 5.16. The second-order valence-electron chi connectivity index (χ2n) is 3.80. The van der Waals surface area contributed by atoms with Crippen LogP contribution in [0, 0.1) is 5.82 Å². The summed E-state index contributed by atoms with van der Waals surface area (Å²) in [4.78, 5) is 0. The maximum Gasteiger partial charge on any atom is 0.416 e. The Balaban J connectivity index is 2.66. The molecule has 0 bridgehead atoms. The zero-order valence-corrected chi connectivity index (χ0v) is 10.5. The first-order chi connectivity index (χ1) is 8.29. The normalized spacial score (nSPS) is 13.6. The highest BCUT2D eigenvalue weighted by Gasteiger charge is 2.31. The molecule has 0 spiro atoms. The molecule has 0 radical (unpaired) electrons. The van der Waals surface area contributed by atoms with Gasteiger partial charge in [-0.25, -0.2) is 4.39 Å². The number of hydrogen-bond donors (Lipinski definition) is 1. The second kappa shape index (κ2) is 6.29. The molecule has 0 aliphatic carbocycles. The first kappa shape index (κ1) is 15.1. The molecule has 0 fully saturated rings. The summed E-state index contributed by atoms with van der Waals surface area (Å²) in [6.07, 6.45) is -3.02. The Labute approximate surface area is 105 Å². The molecule has 0 aliphatic rings. The summed E-state index contributed by atoms with van der Waals surface area (Å²) in [6.45, 7) is 0.513. The average Bonchev–Trinajstić information content (AvgIpc) is 2.22. The maximum absolute atomic E-state index is 13.0. The summed E-state index contributed by atoms with van der Waals surface area (Å²) in [6, 6.07) is 2.41. The van der Waals surface area contributed by atoms with Gasteiger partial charge in [-0.05, 0) is 23.8 Å². The summed E-state index contributed by atoms with van der Waals surface area (Å²) in [7, 11) is -0.963. The van der Waals surface area contributed by atoms with Gasteiger partial charge in [0.05, 0.1) is 5.56 Å². The van der Waals surface area contributed by atoms with Crippen LogP contribution in [-0.4, -0.2) is 22.8 Å². The minimum absolute atomic E-state index is 0.109. The molecule has 1 atom stereocenters. The topological polar surface area (TPSA) is 29.1 Å². The van der Waals surface area contributed by atoms with E-state index < -0.39 is 28.4 Å². The van der Waals surface area contributed by atoms with Crippen LogP contribution < -0.4 is 5.32 Å². The van der Waals surface area contributed by atoms with Crippen LogP contribution in [-0.2, 0) is 23.5 Å². The zero-order chi connectivity index (χ0) is 13.8. The van der Waals surface area contributed by atoms with Crippen molar-refractivity contribution >= 4 is 10.8 Å². The van der Waals surface area contributed by atoms with Crippen LogP contribution in [0.2, 0.25) is 0 Å². The molecule has 102 valence electrons. The Morgan fingerprint density at radius 2 is 1.94 bits per heavy atom. The van der Waals surface area contributed by atoms with Crippen LogP contribution in [0.25, 0.3) is 0 Å². The molecular weight excluding hydrogens is 270 g/mol. The smallest absolute Gasteiger partial charge is 0.312 e. The Morgan fingerprint density at radius 3 is 2.50 bits per heavy atom. The Bertz CT molecular complexity index is 434. The maximum atomic E-state index is 13.0. The average molecular weight is 283 g/mol. The SMILES string of the molecule is CS(=O)CCNCc1cc(F)cc(C(F)(F)F)c1. The molecule has 1 unspecified atom stereocenters. The second-order valence-corrected chi connectivity index (χ2v) is 5.35. The molecule has 0 heterocycles. The van der Waals surface area contributed by atoms with E-state index in [0.717, 1.165) is 12.1 Å². The summed E-state index contributed by atoms with van der Waals surface area (Å²) < 4.78 is 61.0. The lowest BCUT2D eigenvalue weighted by molar-refractivity contribution is -0.137. The fourth-order valence-corrected chi connectivity index (χ4v) is 1.80. The lowest BCUT2D eigenvalue weighted by Crippen LogP contribution is -2.20. The molecule has 1 N–H and O–H groups in total. The molecule has 0 amide bonds. The molecule has 0 saturated carbocycles. The van der Waals surface area contributed by atoms with Gasteiger partial charge in [0.15, 0.2) is 0 Å². The number of nitrogens with one attached hydrogen (secondary N) is 1. The highest BCUT2D eigenvalue weighted by atomic mass is 32.2. The molecule has 0 aromatic heterocycles. The summed E-state index contributed by atoms with van der Waals surface area (Å²) in [5, 5.41) is 2.81. The van der Waals surface area contributed by atoms with Gasteiger partial charge in [0, 0.05) is 35.9 Å². The van der Waals surface area contributed by atoms with Crippen molar-refractivity contribution in [1.29, 1.82) is 0 Å². The Hall–Kier alpha value is -0.950. The quantitative estimate of drug-likeness (QED) is 0.663. The number of hydrogen-bond acceptors (Lipinski definition) is 2.